The largest absolute Gasteiger partial charge is 0.390 e. The Bertz CT molecular complexity index is 870. The molecule has 1 N–H and O–H groups in total. The maximum atomic E-state index is 12.3. The Balaban J connectivity index is 1.54. The van der Waals surface area contributed by atoms with E-state index in [1.54, 1.807) is 30.6 Å². The second kappa shape index (κ2) is 8.27. The van der Waals surface area contributed by atoms with Crippen molar-refractivity contribution in [3.8, 4) is 0 Å². The molecule has 1 saturated heterocycles. The number of halogens is 3. The van der Waals surface area contributed by atoms with Crippen molar-refractivity contribution in [3.63, 3.8) is 0 Å². The SMILES string of the molecule is O=S(=O)(CCC(F)(F)F)N1CCN(c2ccc(Nc3cccnc3)nn2)CC1. The number of sulfonamides is 1. The zero-order valence-corrected chi connectivity index (χ0v) is 15.6. The topological polar surface area (TPSA) is 91.3 Å². The Morgan fingerprint density at radius 3 is 2.39 bits per heavy atom. The van der Waals surface area contributed by atoms with Gasteiger partial charge < -0.3 is 10.2 Å². The molecule has 0 spiro atoms. The number of alkyl halides is 3. The van der Waals surface area contributed by atoms with Crippen molar-refractivity contribution in [2.75, 3.05) is 42.1 Å². The van der Waals surface area contributed by atoms with Crippen LogP contribution in [-0.2, 0) is 10.0 Å². The number of pyridine rings is 1. The number of anilines is 3. The highest BCUT2D eigenvalue weighted by Crippen LogP contribution is 2.22. The third kappa shape index (κ3) is 5.52. The maximum absolute atomic E-state index is 12.3. The lowest BCUT2D eigenvalue weighted by Gasteiger charge is -2.34. The summed E-state index contributed by atoms with van der Waals surface area (Å²) >= 11 is 0. The lowest BCUT2D eigenvalue weighted by atomic mass is 10.3. The summed E-state index contributed by atoms with van der Waals surface area (Å²) < 4.78 is 62.1. The molecule has 0 amide bonds. The summed E-state index contributed by atoms with van der Waals surface area (Å²) in [5.74, 6) is 0.180. The molecule has 1 aliphatic heterocycles. The van der Waals surface area contributed by atoms with Crippen LogP contribution in [0.15, 0.2) is 36.7 Å². The van der Waals surface area contributed by atoms with Crippen molar-refractivity contribution in [1.29, 1.82) is 0 Å². The van der Waals surface area contributed by atoms with Gasteiger partial charge in [0, 0.05) is 32.4 Å². The fourth-order valence-corrected chi connectivity index (χ4v) is 4.18. The predicted molar refractivity (Wildman–Crippen MR) is 97.8 cm³/mol. The molecule has 28 heavy (non-hydrogen) atoms. The third-order valence-corrected chi connectivity index (χ3v) is 6.06. The number of hydrogen-bond donors (Lipinski definition) is 1. The van der Waals surface area contributed by atoms with Crippen molar-refractivity contribution in [3.05, 3.63) is 36.7 Å². The normalized spacial score (nSPS) is 16.2. The standard InChI is InChI=1S/C16H19F3N6O2S/c17-16(18,19)5-11-28(26,27)25-9-7-24(8-10-25)15-4-3-14(22-23-15)21-13-2-1-6-20-12-13/h1-4,6,12H,5,7-11H2,(H,21,22). The molecule has 0 aliphatic carbocycles. The van der Waals surface area contributed by atoms with Crippen LogP contribution >= 0.6 is 0 Å². The Morgan fingerprint density at radius 2 is 1.82 bits per heavy atom. The van der Waals surface area contributed by atoms with Crippen LogP contribution in [0.5, 0.6) is 0 Å². The van der Waals surface area contributed by atoms with Gasteiger partial charge in [-0.25, -0.2) is 8.42 Å². The molecule has 152 valence electrons. The van der Waals surface area contributed by atoms with Crippen LogP contribution in [0.25, 0.3) is 0 Å². The quantitative estimate of drug-likeness (QED) is 0.770. The van der Waals surface area contributed by atoms with Crippen LogP contribution in [0.3, 0.4) is 0 Å². The van der Waals surface area contributed by atoms with E-state index in [1.165, 1.54) is 0 Å². The number of aromatic nitrogens is 3. The molecule has 0 atom stereocenters. The van der Waals surface area contributed by atoms with Crippen LogP contribution < -0.4 is 10.2 Å². The van der Waals surface area contributed by atoms with E-state index in [0.29, 0.717) is 24.7 Å². The molecule has 0 saturated carbocycles. The summed E-state index contributed by atoms with van der Waals surface area (Å²) in [7, 11) is -3.93. The molecule has 0 radical (unpaired) electrons. The van der Waals surface area contributed by atoms with E-state index in [0.717, 1.165) is 9.99 Å². The van der Waals surface area contributed by atoms with Gasteiger partial charge in [-0.1, -0.05) is 0 Å². The van der Waals surface area contributed by atoms with Gasteiger partial charge in [0.1, 0.15) is 0 Å². The average molecular weight is 416 g/mol. The Morgan fingerprint density at radius 1 is 1.07 bits per heavy atom. The van der Waals surface area contributed by atoms with Gasteiger partial charge in [0.05, 0.1) is 24.1 Å². The fraction of sp³-hybridized carbons (Fsp3) is 0.438. The Kier molecular flexibility index (Phi) is 5.98. The summed E-state index contributed by atoms with van der Waals surface area (Å²) in [6.07, 6.45) is -2.53. The number of nitrogens with zero attached hydrogens (tertiary/aromatic N) is 5. The van der Waals surface area contributed by atoms with Gasteiger partial charge in [-0.3, -0.25) is 4.98 Å². The van der Waals surface area contributed by atoms with Crippen molar-refractivity contribution in [2.45, 2.75) is 12.6 Å². The molecular weight excluding hydrogens is 397 g/mol. The summed E-state index contributed by atoms with van der Waals surface area (Å²) in [6, 6.07) is 7.11. The number of nitrogens with one attached hydrogen (secondary N) is 1. The van der Waals surface area contributed by atoms with E-state index in [2.05, 4.69) is 20.5 Å². The van der Waals surface area contributed by atoms with Crippen molar-refractivity contribution in [1.82, 2.24) is 19.5 Å². The molecule has 1 fully saturated rings. The van der Waals surface area contributed by atoms with E-state index < -0.39 is 28.4 Å². The molecule has 8 nitrogen and oxygen atoms in total. The lowest BCUT2D eigenvalue weighted by molar-refractivity contribution is -0.130. The van der Waals surface area contributed by atoms with Gasteiger partial charge in [-0.15, -0.1) is 10.2 Å². The van der Waals surface area contributed by atoms with Crippen LogP contribution in [0.2, 0.25) is 0 Å². The monoisotopic (exact) mass is 416 g/mol. The van der Waals surface area contributed by atoms with E-state index in [-0.39, 0.29) is 13.1 Å². The third-order valence-electron chi connectivity index (χ3n) is 4.18. The van der Waals surface area contributed by atoms with Crippen LogP contribution in [-0.4, -0.2) is 66.0 Å². The molecular formula is C16H19F3N6O2S. The first-order valence-electron chi connectivity index (χ1n) is 8.53. The van der Waals surface area contributed by atoms with Crippen molar-refractivity contribution < 1.29 is 21.6 Å². The number of rotatable bonds is 6. The first kappa shape index (κ1) is 20.3. The second-order valence-electron chi connectivity index (χ2n) is 6.21. The Hall–Kier alpha value is -2.47. The Labute approximate surface area is 160 Å². The molecule has 3 rings (SSSR count). The van der Waals surface area contributed by atoms with Gasteiger partial charge in [0.25, 0.3) is 0 Å². The number of hydrogen-bond acceptors (Lipinski definition) is 7. The van der Waals surface area contributed by atoms with Crippen LogP contribution in [0.4, 0.5) is 30.5 Å². The molecule has 3 heterocycles. The molecule has 0 unspecified atom stereocenters. The first-order valence-corrected chi connectivity index (χ1v) is 10.1. The van der Waals surface area contributed by atoms with Crippen molar-refractivity contribution in [2.24, 2.45) is 0 Å². The molecule has 2 aromatic heterocycles. The number of piperazine rings is 1. The fourth-order valence-electron chi connectivity index (χ4n) is 2.71. The van der Waals surface area contributed by atoms with Gasteiger partial charge in [0.2, 0.25) is 10.0 Å². The maximum Gasteiger partial charge on any atom is 0.390 e. The minimum Gasteiger partial charge on any atom is -0.352 e. The van der Waals surface area contributed by atoms with Gasteiger partial charge >= 0.3 is 6.18 Å². The van der Waals surface area contributed by atoms with Gasteiger partial charge in [-0.2, -0.15) is 17.5 Å². The summed E-state index contributed by atoms with van der Waals surface area (Å²) in [5, 5.41) is 11.3. The van der Waals surface area contributed by atoms with Gasteiger partial charge in [0.15, 0.2) is 11.6 Å². The van der Waals surface area contributed by atoms with E-state index in [9.17, 15) is 21.6 Å². The zero-order chi connectivity index (χ0) is 20.2. The average Bonchev–Trinajstić information content (AvgIpc) is 2.68. The molecule has 2 aromatic rings. The summed E-state index contributed by atoms with van der Waals surface area (Å²) in [4.78, 5) is 5.83. The highest BCUT2D eigenvalue weighted by atomic mass is 32.2. The predicted octanol–water partition coefficient (Wildman–Crippen LogP) is 2.02. The smallest absolute Gasteiger partial charge is 0.352 e. The van der Waals surface area contributed by atoms with E-state index in [4.69, 9.17) is 0 Å². The van der Waals surface area contributed by atoms with Crippen LogP contribution in [0.1, 0.15) is 6.42 Å². The minimum atomic E-state index is -4.49. The molecule has 0 bridgehead atoms. The summed E-state index contributed by atoms with van der Waals surface area (Å²) in [5.41, 5.74) is 0.766. The van der Waals surface area contributed by atoms with E-state index in [1.807, 2.05) is 11.0 Å². The molecule has 12 heteroatoms. The summed E-state index contributed by atoms with van der Waals surface area (Å²) in [6.45, 7) is 0.875. The second-order valence-corrected chi connectivity index (χ2v) is 8.30. The molecule has 0 aromatic carbocycles. The van der Waals surface area contributed by atoms with Gasteiger partial charge in [-0.05, 0) is 24.3 Å². The van der Waals surface area contributed by atoms with E-state index >= 15 is 0 Å². The van der Waals surface area contributed by atoms with Crippen molar-refractivity contribution >= 4 is 27.3 Å². The highest BCUT2D eigenvalue weighted by molar-refractivity contribution is 7.89. The zero-order valence-electron chi connectivity index (χ0n) is 14.8. The lowest BCUT2D eigenvalue weighted by Crippen LogP contribution is -2.49. The highest BCUT2D eigenvalue weighted by Gasteiger charge is 2.33. The van der Waals surface area contributed by atoms with Crippen LogP contribution in [0, 0.1) is 0 Å². The minimum absolute atomic E-state index is 0.109. The first-order chi connectivity index (χ1) is 13.2. The molecule has 1 aliphatic rings.